The van der Waals surface area contributed by atoms with Crippen molar-refractivity contribution >= 4 is 46.6 Å². The summed E-state index contributed by atoms with van der Waals surface area (Å²) in [4.78, 5) is 26.2. The molecule has 0 saturated heterocycles. The molecule has 8 heteroatoms. The normalized spacial score (nSPS) is 13.8. The molecule has 2 aromatic carbocycles. The number of aryl methyl sites for hydroxylation is 1. The van der Waals surface area contributed by atoms with Crippen molar-refractivity contribution < 1.29 is 14.7 Å². The Morgan fingerprint density at radius 3 is 2.52 bits per heavy atom. The van der Waals surface area contributed by atoms with Crippen LogP contribution in [0.2, 0.25) is 15.1 Å². The van der Waals surface area contributed by atoms with Crippen LogP contribution in [0.1, 0.15) is 24.0 Å². The molecule has 1 aliphatic heterocycles. The lowest BCUT2D eigenvalue weighted by Crippen LogP contribution is -2.32. The Balaban J connectivity index is 1.42. The first-order valence-electron chi connectivity index (χ1n) is 10.0. The van der Waals surface area contributed by atoms with E-state index in [-0.39, 0.29) is 12.1 Å². The van der Waals surface area contributed by atoms with Crippen molar-refractivity contribution in [1.29, 1.82) is 0 Å². The number of carbonyl (C=O) groups excluding carboxylic acids is 2. The summed E-state index contributed by atoms with van der Waals surface area (Å²) in [7, 11) is 0. The van der Waals surface area contributed by atoms with Crippen molar-refractivity contribution in [2.24, 2.45) is 0 Å². The zero-order chi connectivity index (χ0) is 22.4. The van der Waals surface area contributed by atoms with E-state index >= 15 is 0 Å². The lowest BCUT2D eigenvalue weighted by Gasteiger charge is -2.16. The van der Waals surface area contributed by atoms with Gasteiger partial charge in [0.05, 0.1) is 22.2 Å². The highest BCUT2D eigenvalue weighted by molar-refractivity contribution is 6.42. The fraction of sp³-hybridized carbons (Fsp3) is 0.304. The average molecular weight is 482 g/mol. The molecular weight excluding hydrogens is 459 g/mol. The fourth-order valence-corrected chi connectivity index (χ4v) is 3.92. The first kappa shape index (κ1) is 23.5. The molecule has 3 rings (SSSR count). The smallest absolute Gasteiger partial charge is 0.289 e. The lowest BCUT2D eigenvalue weighted by molar-refractivity contribution is -0.127. The summed E-state index contributed by atoms with van der Waals surface area (Å²) in [5.41, 5.74) is 2.18. The third-order valence-electron chi connectivity index (χ3n) is 5.12. The number of amides is 2. The van der Waals surface area contributed by atoms with Crippen LogP contribution in [-0.2, 0) is 22.4 Å². The van der Waals surface area contributed by atoms with Crippen molar-refractivity contribution in [2.45, 2.75) is 25.7 Å². The molecule has 1 aliphatic rings. The van der Waals surface area contributed by atoms with Crippen LogP contribution in [-0.4, -0.2) is 41.5 Å². The summed E-state index contributed by atoms with van der Waals surface area (Å²) in [5, 5.41) is 14.6. The van der Waals surface area contributed by atoms with Gasteiger partial charge < -0.3 is 15.3 Å². The second-order valence-electron chi connectivity index (χ2n) is 7.40. The van der Waals surface area contributed by atoms with Crippen LogP contribution in [0, 0.1) is 0 Å². The zero-order valence-corrected chi connectivity index (χ0v) is 19.1. The van der Waals surface area contributed by atoms with Gasteiger partial charge in [-0.1, -0.05) is 53.0 Å². The molecule has 0 radical (unpaired) electrons. The molecule has 0 spiro atoms. The van der Waals surface area contributed by atoms with Gasteiger partial charge in [-0.25, -0.2) is 0 Å². The Labute approximate surface area is 196 Å². The van der Waals surface area contributed by atoms with E-state index in [9.17, 15) is 14.7 Å². The van der Waals surface area contributed by atoms with Crippen LogP contribution < -0.4 is 5.32 Å². The average Bonchev–Trinajstić information content (AvgIpc) is 3.03. The van der Waals surface area contributed by atoms with E-state index in [2.05, 4.69) is 5.32 Å². The van der Waals surface area contributed by atoms with Crippen molar-refractivity contribution in [3.05, 3.63) is 80.0 Å². The number of unbranched alkanes of at least 4 members (excludes halogenated alkanes) is 1. The molecule has 0 saturated carbocycles. The number of benzene rings is 2. The standard InChI is InChI=1S/C23H23Cl3N2O3/c24-17-6-3-5-16(12-17)9-11-28-14-18(21(29)23(28)31)22(30)27-10-2-1-4-15-7-8-19(25)20(26)13-15/h3,5-8,12-13,29H,1-2,4,9-11,14H2,(H,27,30). The van der Waals surface area contributed by atoms with E-state index < -0.39 is 17.6 Å². The van der Waals surface area contributed by atoms with Crippen molar-refractivity contribution in [3.63, 3.8) is 0 Å². The predicted molar refractivity (Wildman–Crippen MR) is 124 cm³/mol. The van der Waals surface area contributed by atoms with Crippen molar-refractivity contribution in [3.8, 4) is 0 Å². The van der Waals surface area contributed by atoms with Gasteiger partial charge in [-0.2, -0.15) is 0 Å². The zero-order valence-electron chi connectivity index (χ0n) is 16.8. The minimum absolute atomic E-state index is 0.0976. The van der Waals surface area contributed by atoms with E-state index in [1.165, 1.54) is 4.90 Å². The van der Waals surface area contributed by atoms with E-state index in [1.54, 1.807) is 12.1 Å². The van der Waals surface area contributed by atoms with E-state index in [0.29, 0.717) is 34.6 Å². The molecule has 0 bridgehead atoms. The van der Waals surface area contributed by atoms with Crippen LogP contribution >= 0.6 is 34.8 Å². The first-order valence-corrected chi connectivity index (χ1v) is 11.2. The molecule has 164 valence electrons. The molecule has 0 aliphatic carbocycles. The Bertz CT molecular complexity index is 1010. The number of nitrogens with zero attached hydrogens (tertiary/aromatic N) is 1. The van der Waals surface area contributed by atoms with Crippen molar-refractivity contribution in [2.75, 3.05) is 19.6 Å². The van der Waals surface area contributed by atoms with Gasteiger partial charge in [0.25, 0.3) is 11.8 Å². The van der Waals surface area contributed by atoms with Gasteiger partial charge in [-0.3, -0.25) is 9.59 Å². The molecule has 2 N–H and O–H groups in total. The second-order valence-corrected chi connectivity index (χ2v) is 8.65. The summed E-state index contributed by atoms with van der Waals surface area (Å²) >= 11 is 17.9. The van der Waals surface area contributed by atoms with Crippen molar-refractivity contribution in [1.82, 2.24) is 10.2 Å². The number of hydrogen-bond donors (Lipinski definition) is 2. The molecule has 31 heavy (non-hydrogen) atoms. The maximum absolute atomic E-state index is 12.4. The van der Waals surface area contributed by atoms with Gasteiger partial charge in [-0.15, -0.1) is 0 Å². The molecule has 0 fully saturated rings. The summed E-state index contributed by atoms with van der Waals surface area (Å²) in [5.74, 6) is -1.41. The largest absolute Gasteiger partial charge is 0.503 e. The molecule has 0 aromatic heterocycles. The number of aliphatic hydroxyl groups excluding tert-OH is 1. The summed E-state index contributed by atoms with van der Waals surface area (Å²) < 4.78 is 0. The van der Waals surface area contributed by atoms with Gasteiger partial charge in [0.1, 0.15) is 0 Å². The highest BCUT2D eigenvalue weighted by atomic mass is 35.5. The molecule has 0 atom stereocenters. The molecular formula is C23H23Cl3N2O3. The minimum atomic E-state index is -0.521. The first-order chi connectivity index (χ1) is 14.8. The van der Waals surface area contributed by atoms with Crippen LogP contribution in [0.4, 0.5) is 0 Å². The number of halogens is 3. The molecule has 1 heterocycles. The van der Waals surface area contributed by atoms with Gasteiger partial charge >= 0.3 is 0 Å². The highest BCUT2D eigenvalue weighted by Crippen LogP contribution is 2.23. The van der Waals surface area contributed by atoms with Gasteiger partial charge in [0.15, 0.2) is 5.76 Å². The topological polar surface area (TPSA) is 69.6 Å². The predicted octanol–water partition coefficient (Wildman–Crippen LogP) is 4.98. The number of carbonyl (C=O) groups is 2. The van der Waals surface area contributed by atoms with E-state index in [1.807, 2.05) is 30.3 Å². The molecule has 2 aromatic rings. The maximum atomic E-state index is 12.4. The van der Waals surface area contributed by atoms with Gasteiger partial charge in [0, 0.05) is 18.1 Å². The number of rotatable bonds is 9. The monoisotopic (exact) mass is 480 g/mol. The lowest BCUT2D eigenvalue weighted by atomic mass is 10.1. The van der Waals surface area contributed by atoms with Gasteiger partial charge in [0.2, 0.25) is 0 Å². The Morgan fingerprint density at radius 2 is 1.77 bits per heavy atom. The fourth-order valence-electron chi connectivity index (χ4n) is 3.39. The van der Waals surface area contributed by atoms with Crippen LogP contribution in [0.5, 0.6) is 0 Å². The van der Waals surface area contributed by atoms with E-state index in [0.717, 1.165) is 30.4 Å². The Hall–Kier alpha value is -2.21. The highest BCUT2D eigenvalue weighted by Gasteiger charge is 2.33. The minimum Gasteiger partial charge on any atom is -0.503 e. The van der Waals surface area contributed by atoms with Crippen LogP contribution in [0.15, 0.2) is 53.8 Å². The Kier molecular flexibility index (Phi) is 8.24. The summed E-state index contributed by atoms with van der Waals surface area (Å²) in [6, 6.07) is 12.9. The summed E-state index contributed by atoms with van der Waals surface area (Å²) in [6.45, 7) is 0.942. The quantitative estimate of drug-likeness (QED) is 0.496. The number of nitrogens with one attached hydrogen (secondary N) is 1. The number of aliphatic hydroxyl groups is 1. The number of hydrogen-bond acceptors (Lipinski definition) is 3. The third-order valence-corrected chi connectivity index (χ3v) is 6.09. The molecule has 0 unspecified atom stereocenters. The van der Waals surface area contributed by atoms with Gasteiger partial charge in [-0.05, 0) is 61.1 Å². The van der Waals surface area contributed by atoms with Crippen LogP contribution in [0.25, 0.3) is 0 Å². The SMILES string of the molecule is O=C(NCCCCc1ccc(Cl)c(Cl)c1)C1=C(O)C(=O)N(CCc2cccc(Cl)c2)C1. The maximum Gasteiger partial charge on any atom is 0.289 e. The Morgan fingerprint density at radius 1 is 1.00 bits per heavy atom. The van der Waals surface area contributed by atoms with Crippen LogP contribution in [0.3, 0.4) is 0 Å². The third kappa shape index (κ3) is 6.39. The summed E-state index contributed by atoms with van der Waals surface area (Å²) in [6.07, 6.45) is 3.01. The van der Waals surface area contributed by atoms with E-state index in [4.69, 9.17) is 34.8 Å². The second kappa shape index (κ2) is 10.9. The molecule has 2 amide bonds. The molecule has 5 nitrogen and oxygen atoms in total.